The van der Waals surface area contributed by atoms with Crippen molar-refractivity contribution in [1.82, 2.24) is 0 Å². The van der Waals surface area contributed by atoms with Gasteiger partial charge in [0.25, 0.3) is 0 Å². The molecule has 1 heterocycles. The summed E-state index contributed by atoms with van der Waals surface area (Å²) in [7, 11) is 1.53. The van der Waals surface area contributed by atoms with Crippen LogP contribution in [0.25, 0.3) is 6.08 Å². The van der Waals surface area contributed by atoms with Gasteiger partial charge in [0, 0.05) is 0 Å². The molecule has 0 spiro atoms. The largest absolute Gasteiger partial charge is 0.493 e. The molecule has 0 amide bonds. The maximum absolute atomic E-state index is 11.5. The van der Waals surface area contributed by atoms with Gasteiger partial charge in [-0.2, -0.15) is 0 Å². The maximum atomic E-state index is 11.5. The van der Waals surface area contributed by atoms with Gasteiger partial charge >= 0.3 is 5.97 Å². The summed E-state index contributed by atoms with van der Waals surface area (Å²) in [5.41, 5.74) is 1.74. The molecular formula is C15H13NO4. The molecule has 0 fully saturated rings. The summed E-state index contributed by atoms with van der Waals surface area (Å²) in [6.07, 6.45) is 6.83. The molecule has 1 aliphatic heterocycles. The van der Waals surface area contributed by atoms with E-state index in [-0.39, 0.29) is 6.61 Å². The lowest BCUT2D eigenvalue weighted by Crippen LogP contribution is -2.02. The average molecular weight is 271 g/mol. The van der Waals surface area contributed by atoms with E-state index in [0.717, 1.165) is 5.56 Å². The van der Waals surface area contributed by atoms with Gasteiger partial charge < -0.3 is 14.3 Å². The van der Waals surface area contributed by atoms with Crippen molar-refractivity contribution in [2.45, 2.75) is 6.92 Å². The van der Waals surface area contributed by atoms with Crippen LogP contribution >= 0.6 is 0 Å². The number of methoxy groups -OCH3 is 1. The van der Waals surface area contributed by atoms with E-state index in [4.69, 9.17) is 15.9 Å². The molecule has 0 saturated heterocycles. The minimum Gasteiger partial charge on any atom is -0.493 e. The standard InChI is InChI=1S/C15H13NO4/c1-4-7-19-13-6-5-11(9-14(13)18-3)8-12-10(2)16-20-15(12)17/h1,5-6,8-9H,7H2,2-3H3. The van der Waals surface area contributed by atoms with Gasteiger partial charge in [-0.05, 0) is 30.7 Å². The van der Waals surface area contributed by atoms with E-state index in [2.05, 4.69) is 15.9 Å². The van der Waals surface area contributed by atoms with Crippen LogP contribution in [0.1, 0.15) is 12.5 Å². The fraction of sp³-hybridized carbons (Fsp3) is 0.200. The summed E-state index contributed by atoms with van der Waals surface area (Å²) in [5.74, 6) is 3.01. The van der Waals surface area contributed by atoms with E-state index < -0.39 is 5.97 Å². The number of rotatable bonds is 4. The highest BCUT2D eigenvalue weighted by molar-refractivity contribution is 6.24. The molecule has 102 valence electrons. The minimum atomic E-state index is -0.464. The van der Waals surface area contributed by atoms with Crippen molar-refractivity contribution in [1.29, 1.82) is 0 Å². The lowest BCUT2D eigenvalue weighted by Gasteiger charge is -2.09. The first-order valence-electron chi connectivity index (χ1n) is 5.88. The van der Waals surface area contributed by atoms with E-state index in [0.29, 0.717) is 22.8 Å². The Labute approximate surface area is 116 Å². The summed E-state index contributed by atoms with van der Waals surface area (Å²) < 4.78 is 10.6. The van der Waals surface area contributed by atoms with Gasteiger partial charge in [-0.1, -0.05) is 17.1 Å². The van der Waals surface area contributed by atoms with Crippen LogP contribution in [-0.4, -0.2) is 25.4 Å². The van der Waals surface area contributed by atoms with E-state index in [1.165, 1.54) is 7.11 Å². The van der Waals surface area contributed by atoms with Gasteiger partial charge in [-0.25, -0.2) is 4.79 Å². The highest BCUT2D eigenvalue weighted by atomic mass is 16.7. The molecule has 1 aromatic carbocycles. The molecule has 1 aromatic rings. The molecule has 5 heteroatoms. The molecule has 5 nitrogen and oxygen atoms in total. The summed E-state index contributed by atoms with van der Waals surface area (Å²) in [6, 6.07) is 5.27. The number of carbonyl (C=O) groups is 1. The Morgan fingerprint density at radius 3 is 2.85 bits per heavy atom. The third-order valence-corrected chi connectivity index (χ3v) is 2.68. The smallest absolute Gasteiger partial charge is 0.367 e. The summed E-state index contributed by atoms with van der Waals surface area (Å²) in [6.45, 7) is 1.87. The molecule has 0 unspecified atom stereocenters. The number of benzene rings is 1. The Kier molecular flexibility index (Phi) is 4.06. The topological polar surface area (TPSA) is 57.1 Å². The van der Waals surface area contributed by atoms with Gasteiger partial charge in [-0.3, -0.25) is 0 Å². The molecule has 0 N–H and O–H groups in total. The summed E-state index contributed by atoms with van der Waals surface area (Å²) in [4.78, 5) is 16.1. The number of terminal acetylenes is 1. The molecule has 1 aliphatic rings. The maximum Gasteiger partial charge on any atom is 0.367 e. The van der Waals surface area contributed by atoms with E-state index >= 15 is 0 Å². The highest BCUT2D eigenvalue weighted by Crippen LogP contribution is 2.29. The van der Waals surface area contributed by atoms with Gasteiger partial charge in [0.2, 0.25) is 0 Å². The number of oxime groups is 1. The molecule has 0 bridgehead atoms. The van der Waals surface area contributed by atoms with Crippen molar-refractivity contribution in [3.63, 3.8) is 0 Å². The van der Waals surface area contributed by atoms with Gasteiger partial charge in [0.1, 0.15) is 6.61 Å². The molecule has 0 saturated carbocycles. The van der Waals surface area contributed by atoms with Crippen molar-refractivity contribution >= 4 is 17.8 Å². The first kappa shape index (κ1) is 13.7. The first-order chi connectivity index (χ1) is 9.65. The second-order valence-electron chi connectivity index (χ2n) is 4.02. The zero-order chi connectivity index (χ0) is 14.5. The molecule has 0 atom stereocenters. The van der Waals surface area contributed by atoms with E-state index in [1.54, 1.807) is 31.2 Å². The van der Waals surface area contributed by atoms with Crippen LogP contribution in [-0.2, 0) is 9.63 Å². The molecule has 0 radical (unpaired) electrons. The van der Waals surface area contributed by atoms with Gasteiger partial charge in [0.05, 0.1) is 18.4 Å². The van der Waals surface area contributed by atoms with Crippen LogP contribution in [0.3, 0.4) is 0 Å². The summed E-state index contributed by atoms with van der Waals surface area (Å²) in [5, 5.41) is 3.62. The normalized spacial score (nSPS) is 15.6. The highest BCUT2D eigenvalue weighted by Gasteiger charge is 2.21. The Morgan fingerprint density at radius 2 is 2.25 bits per heavy atom. The SMILES string of the molecule is C#CCOc1ccc(C=C2C(=O)ON=C2C)cc1OC. The number of hydrogen-bond acceptors (Lipinski definition) is 5. The van der Waals surface area contributed by atoms with Gasteiger partial charge in [0.15, 0.2) is 11.5 Å². The van der Waals surface area contributed by atoms with Crippen LogP contribution in [0.2, 0.25) is 0 Å². The molecular weight excluding hydrogens is 258 g/mol. The van der Waals surface area contributed by atoms with E-state index in [9.17, 15) is 4.79 Å². The summed E-state index contributed by atoms with van der Waals surface area (Å²) >= 11 is 0. The first-order valence-corrected chi connectivity index (χ1v) is 5.88. The molecule has 20 heavy (non-hydrogen) atoms. The van der Waals surface area contributed by atoms with Crippen molar-refractivity contribution in [3.8, 4) is 23.8 Å². The zero-order valence-corrected chi connectivity index (χ0v) is 11.2. The second kappa shape index (κ2) is 5.93. The van der Waals surface area contributed by atoms with Crippen molar-refractivity contribution in [2.24, 2.45) is 5.16 Å². The number of carbonyl (C=O) groups excluding carboxylic acids is 1. The number of ether oxygens (including phenoxy) is 2. The molecule has 0 aromatic heterocycles. The predicted molar refractivity (Wildman–Crippen MR) is 74.5 cm³/mol. The monoisotopic (exact) mass is 271 g/mol. The Morgan fingerprint density at radius 1 is 1.45 bits per heavy atom. The van der Waals surface area contributed by atoms with Crippen molar-refractivity contribution in [2.75, 3.05) is 13.7 Å². The third kappa shape index (κ3) is 2.81. The fourth-order valence-electron chi connectivity index (χ4n) is 1.70. The predicted octanol–water partition coefficient (Wildman–Crippen LogP) is 2.02. The third-order valence-electron chi connectivity index (χ3n) is 2.68. The van der Waals surface area contributed by atoms with Crippen molar-refractivity contribution < 1.29 is 19.1 Å². The zero-order valence-electron chi connectivity index (χ0n) is 11.2. The Balaban J connectivity index is 2.31. The van der Waals surface area contributed by atoms with Gasteiger partial charge in [-0.15, -0.1) is 6.42 Å². The average Bonchev–Trinajstić information content (AvgIpc) is 2.77. The fourth-order valence-corrected chi connectivity index (χ4v) is 1.70. The quantitative estimate of drug-likeness (QED) is 0.477. The second-order valence-corrected chi connectivity index (χ2v) is 4.02. The lowest BCUT2D eigenvalue weighted by molar-refractivity contribution is -0.136. The van der Waals surface area contributed by atoms with Crippen LogP contribution in [0.15, 0.2) is 28.9 Å². The Bertz CT molecular complexity index is 638. The van der Waals surface area contributed by atoms with E-state index in [1.807, 2.05) is 0 Å². The van der Waals surface area contributed by atoms with Crippen LogP contribution < -0.4 is 9.47 Å². The molecule has 2 rings (SSSR count). The van der Waals surface area contributed by atoms with Crippen molar-refractivity contribution in [3.05, 3.63) is 29.3 Å². The lowest BCUT2D eigenvalue weighted by atomic mass is 10.1. The minimum absolute atomic E-state index is 0.162. The number of hydrogen-bond donors (Lipinski definition) is 0. The number of nitrogens with zero attached hydrogens (tertiary/aromatic N) is 1. The van der Waals surface area contributed by atoms with Crippen LogP contribution in [0.5, 0.6) is 11.5 Å². The van der Waals surface area contributed by atoms with Crippen LogP contribution in [0.4, 0.5) is 0 Å². The van der Waals surface area contributed by atoms with Crippen LogP contribution in [0, 0.1) is 12.3 Å². The Hall–Kier alpha value is -2.74. The molecule has 0 aliphatic carbocycles.